The third-order valence-corrected chi connectivity index (χ3v) is 2.78. The average molecular weight is 247 g/mol. The molecule has 0 fully saturated rings. The Morgan fingerprint density at radius 2 is 2.00 bits per heavy atom. The number of hydrogen-bond donors (Lipinski definition) is 2. The summed E-state index contributed by atoms with van der Waals surface area (Å²) >= 11 is 0. The molecule has 1 rings (SSSR count). The molecule has 0 aliphatic rings. The summed E-state index contributed by atoms with van der Waals surface area (Å²) in [6.07, 6.45) is 3.53. The van der Waals surface area contributed by atoms with E-state index in [0.29, 0.717) is 19.4 Å². The second kappa shape index (κ2) is 8.70. The van der Waals surface area contributed by atoms with E-state index in [2.05, 4.69) is 5.32 Å². The summed E-state index contributed by atoms with van der Waals surface area (Å²) in [5, 5.41) is 11.5. The van der Waals surface area contributed by atoms with Crippen molar-refractivity contribution in [2.45, 2.75) is 38.6 Å². The van der Waals surface area contributed by atoms with Crippen molar-refractivity contribution in [1.82, 2.24) is 5.32 Å². The molecule has 0 saturated carbocycles. The van der Waals surface area contributed by atoms with Crippen LogP contribution >= 0.6 is 0 Å². The molecule has 0 spiro atoms. The van der Waals surface area contributed by atoms with Gasteiger partial charge in [0, 0.05) is 19.6 Å². The minimum absolute atomic E-state index is 0.0612. The van der Waals surface area contributed by atoms with Gasteiger partial charge < -0.3 is 10.4 Å². The first-order chi connectivity index (χ1) is 8.76. The van der Waals surface area contributed by atoms with Gasteiger partial charge in [0.25, 0.3) is 0 Å². The summed E-state index contributed by atoms with van der Waals surface area (Å²) in [5.74, 6) is 0.0612. The van der Waals surface area contributed by atoms with Crippen LogP contribution in [0.15, 0.2) is 24.3 Å². The lowest BCUT2D eigenvalue weighted by molar-refractivity contribution is -0.121. The molecule has 0 atom stereocenters. The summed E-state index contributed by atoms with van der Waals surface area (Å²) in [5.41, 5.74) is 2.14. The number of carbonyl (C=O) groups excluding carboxylic acids is 1. The Kier molecular flexibility index (Phi) is 7.11. The van der Waals surface area contributed by atoms with E-state index >= 15 is 0 Å². The van der Waals surface area contributed by atoms with Crippen LogP contribution in [0.1, 0.15) is 36.8 Å². The molecule has 3 nitrogen and oxygen atoms in total. The van der Waals surface area contributed by atoms with Gasteiger partial charge in [-0.2, -0.15) is 0 Å². The predicted octanol–water partition coefficient (Wildman–Crippen LogP) is 2.11. The molecule has 98 valence electrons. The molecule has 2 radical (unpaired) electrons. The van der Waals surface area contributed by atoms with Crippen LogP contribution in [0.3, 0.4) is 0 Å². The van der Waals surface area contributed by atoms with E-state index in [1.165, 1.54) is 0 Å². The molecule has 0 unspecified atom stereocenters. The van der Waals surface area contributed by atoms with Gasteiger partial charge in [-0.3, -0.25) is 4.79 Å². The first-order valence-corrected chi connectivity index (χ1v) is 6.41. The summed E-state index contributed by atoms with van der Waals surface area (Å²) in [4.78, 5) is 11.5. The number of hydrogen-bond acceptors (Lipinski definition) is 2. The Morgan fingerprint density at radius 3 is 2.72 bits per heavy atom. The summed E-state index contributed by atoms with van der Waals surface area (Å²) in [6, 6.07) is 7.91. The van der Waals surface area contributed by atoms with Crippen LogP contribution in [-0.2, 0) is 17.8 Å². The summed E-state index contributed by atoms with van der Waals surface area (Å²) < 4.78 is 0. The number of carbonyl (C=O) groups is 1. The van der Waals surface area contributed by atoms with Crippen LogP contribution in [0.25, 0.3) is 0 Å². The van der Waals surface area contributed by atoms with Gasteiger partial charge in [-0.05, 0) is 37.3 Å². The zero-order valence-corrected chi connectivity index (χ0v) is 10.7. The predicted molar refractivity (Wildman–Crippen MR) is 71.8 cm³/mol. The minimum atomic E-state index is 0.0612. The number of aliphatic hydroxyl groups is 1. The van der Waals surface area contributed by atoms with Crippen LogP contribution < -0.4 is 5.32 Å². The standard InChI is InChI=1S/C15H21NO2/c1-2-13-7-6-8-14(11-13)12-16-15(18)9-4-3-5-10-17/h1,6-8,11,17H,2-5,9-10,12H2,(H,16,18). The molecule has 1 aromatic rings. The van der Waals surface area contributed by atoms with Crippen LogP contribution in [-0.4, -0.2) is 17.6 Å². The van der Waals surface area contributed by atoms with Crippen LogP contribution in [0.5, 0.6) is 0 Å². The van der Waals surface area contributed by atoms with Crippen molar-refractivity contribution >= 4 is 5.91 Å². The number of unbranched alkanes of at least 4 members (excludes halogenated alkanes) is 2. The highest BCUT2D eigenvalue weighted by Crippen LogP contribution is 2.06. The quantitative estimate of drug-likeness (QED) is 0.691. The second-order valence-corrected chi connectivity index (χ2v) is 4.34. The van der Waals surface area contributed by atoms with Crippen molar-refractivity contribution in [3.63, 3.8) is 0 Å². The normalized spacial score (nSPS) is 10.3. The fourth-order valence-corrected chi connectivity index (χ4v) is 1.73. The van der Waals surface area contributed by atoms with E-state index in [1.54, 1.807) is 0 Å². The Balaban J connectivity index is 2.24. The van der Waals surface area contributed by atoms with Crippen LogP contribution in [0.4, 0.5) is 0 Å². The number of rotatable bonds is 8. The van der Waals surface area contributed by atoms with E-state index in [4.69, 9.17) is 12.0 Å². The topological polar surface area (TPSA) is 49.3 Å². The Morgan fingerprint density at radius 1 is 1.22 bits per heavy atom. The molecule has 0 saturated heterocycles. The molecule has 2 N–H and O–H groups in total. The lowest BCUT2D eigenvalue weighted by atomic mass is 10.1. The zero-order valence-electron chi connectivity index (χ0n) is 10.7. The van der Waals surface area contributed by atoms with Gasteiger partial charge in [0.1, 0.15) is 0 Å². The number of aliphatic hydroxyl groups excluding tert-OH is 1. The molecule has 0 heterocycles. The lowest BCUT2D eigenvalue weighted by Gasteiger charge is -2.06. The highest BCUT2D eigenvalue weighted by atomic mass is 16.2. The second-order valence-electron chi connectivity index (χ2n) is 4.34. The molecule has 0 aliphatic heterocycles. The highest BCUT2D eigenvalue weighted by molar-refractivity contribution is 5.75. The monoisotopic (exact) mass is 247 g/mol. The van der Waals surface area contributed by atoms with E-state index in [1.807, 2.05) is 24.3 Å². The SMILES string of the molecule is [CH]Cc1cccc(CNC(=O)CCCCCO)c1. The molecule has 1 amide bonds. The van der Waals surface area contributed by atoms with Crippen molar-refractivity contribution in [3.8, 4) is 0 Å². The number of nitrogens with one attached hydrogen (secondary N) is 1. The Labute approximate surface area is 109 Å². The largest absolute Gasteiger partial charge is 0.396 e. The van der Waals surface area contributed by atoms with E-state index in [-0.39, 0.29) is 12.5 Å². The average Bonchev–Trinajstić information content (AvgIpc) is 2.41. The molecule has 3 heteroatoms. The molecule has 1 aromatic carbocycles. The van der Waals surface area contributed by atoms with Gasteiger partial charge in [-0.15, -0.1) is 0 Å². The fourth-order valence-electron chi connectivity index (χ4n) is 1.73. The van der Waals surface area contributed by atoms with Gasteiger partial charge in [0.2, 0.25) is 5.91 Å². The van der Waals surface area contributed by atoms with Crippen molar-refractivity contribution in [2.24, 2.45) is 0 Å². The van der Waals surface area contributed by atoms with Crippen molar-refractivity contribution in [2.75, 3.05) is 6.61 Å². The maximum Gasteiger partial charge on any atom is 0.220 e. The molecular weight excluding hydrogens is 226 g/mol. The molecule has 0 aromatic heterocycles. The number of benzene rings is 1. The fraction of sp³-hybridized carbons (Fsp3) is 0.467. The van der Waals surface area contributed by atoms with Gasteiger partial charge in [-0.25, -0.2) is 0 Å². The van der Waals surface area contributed by atoms with E-state index in [0.717, 1.165) is 30.4 Å². The van der Waals surface area contributed by atoms with Crippen molar-refractivity contribution in [1.29, 1.82) is 0 Å². The zero-order chi connectivity index (χ0) is 13.2. The maximum atomic E-state index is 11.5. The van der Waals surface area contributed by atoms with E-state index < -0.39 is 0 Å². The smallest absolute Gasteiger partial charge is 0.220 e. The van der Waals surface area contributed by atoms with Gasteiger partial charge >= 0.3 is 0 Å². The first kappa shape index (κ1) is 14.7. The molecule has 18 heavy (non-hydrogen) atoms. The maximum absolute atomic E-state index is 11.5. The Hall–Kier alpha value is -1.35. The summed E-state index contributed by atoms with van der Waals surface area (Å²) in [7, 11) is 0. The lowest BCUT2D eigenvalue weighted by Crippen LogP contribution is -2.22. The van der Waals surface area contributed by atoms with Crippen LogP contribution in [0, 0.1) is 6.92 Å². The van der Waals surface area contributed by atoms with Gasteiger partial charge in [0.05, 0.1) is 0 Å². The Bertz CT molecular complexity index is 363. The third-order valence-electron chi connectivity index (χ3n) is 2.78. The van der Waals surface area contributed by atoms with Gasteiger partial charge in [0.15, 0.2) is 0 Å². The summed E-state index contributed by atoms with van der Waals surface area (Å²) in [6.45, 7) is 6.31. The minimum Gasteiger partial charge on any atom is -0.396 e. The van der Waals surface area contributed by atoms with Crippen LogP contribution in [0.2, 0.25) is 0 Å². The van der Waals surface area contributed by atoms with Gasteiger partial charge in [-0.1, -0.05) is 30.7 Å². The van der Waals surface area contributed by atoms with Crippen molar-refractivity contribution in [3.05, 3.63) is 42.3 Å². The highest BCUT2D eigenvalue weighted by Gasteiger charge is 2.01. The first-order valence-electron chi connectivity index (χ1n) is 6.41. The molecule has 0 aliphatic carbocycles. The number of amides is 1. The molecular formula is C15H21NO2. The molecule has 0 bridgehead atoms. The third kappa shape index (κ3) is 5.82. The van der Waals surface area contributed by atoms with Crippen molar-refractivity contribution < 1.29 is 9.90 Å². The van der Waals surface area contributed by atoms with E-state index in [9.17, 15) is 4.79 Å².